The number of carbonyl (C=O) groups excluding carboxylic acids is 3. The van der Waals surface area contributed by atoms with Crippen molar-refractivity contribution in [3.63, 3.8) is 0 Å². The molecule has 1 fully saturated rings. The minimum absolute atomic E-state index is 0.0502. The second-order valence-electron chi connectivity index (χ2n) is 9.11. The molecule has 180 valence electrons. The number of unbranched alkanes of at least 4 members (excludes halogenated alkanes) is 1. The minimum atomic E-state index is -1.20. The zero-order valence-electron chi connectivity index (χ0n) is 19.1. The molecule has 2 amide bonds. The Kier molecular flexibility index (Phi) is 10.9. The highest BCUT2D eigenvalue weighted by atomic mass is 16.7. The van der Waals surface area contributed by atoms with Gasteiger partial charge < -0.3 is 35.5 Å². The molecule has 0 bridgehead atoms. The molecular formula is C21H38N2O8. The second-order valence-corrected chi connectivity index (χ2v) is 9.11. The molecule has 1 aliphatic heterocycles. The van der Waals surface area contributed by atoms with Crippen molar-refractivity contribution in [3.8, 4) is 0 Å². The van der Waals surface area contributed by atoms with Crippen molar-refractivity contribution in [3.05, 3.63) is 0 Å². The van der Waals surface area contributed by atoms with Crippen LogP contribution in [0.4, 0.5) is 0 Å². The van der Waals surface area contributed by atoms with Crippen molar-refractivity contribution in [1.29, 1.82) is 0 Å². The number of carbonyl (C=O) groups is 3. The maximum absolute atomic E-state index is 12.1. The molecule has 31 heavy (non-hydrogen) atoms. The van der Waals surface area contributed by atoms with Crippen molar-refractivity contribution in [2.75, 3.05) is 13.2 Å². The van der Waals surface area contributed by atoms with E-state index in [0.717, 1.165) is 0 Å². The smallest absolute Gasteiger partial charge is 0.306 e. The summed E-state index contributed by atoms with van der Waals surface area (Å²) in [5.74, 6) is -2.35. The Bertz CT molecular complexity index is 607. The summed E-state index contributed by atoms with van der Waals surface area (Å²) in [6, 6.07) is 0. The van der Waals surface area contributed by atoms with Gasteiger partial charge in [-0.2, -0.15) is 0 Å². The van der Waals surface area contributed by atoms with Crippen LogP contribution in [-0.4, -0.2) is 71.4 Å². The predicted molar refractivity (Wildman–Crippen MR) is 111 cm³/mol. The van der Waals surface area contributed by atoms with Crippen molar-refractivity contribution in [2.24, 2.45) is 17.6 Å². The van der Waals surface area contributed by atoms with Crippen LogP contribution >= 0.6 is 0 Å². The van der Waals surface area contributed by atoms with Gasteiger partial charge in [-0.3, -0.25) is 14.4 Å². The predicted octanol–water partition coefficient (Wildman–Crippen LogP) is 0.226. The van der Waals surface area contributed by atoms with Gasteiger partial charge in [-0.25, -0.2) is 0 Å². The standard InChI is InChI=1S/C21H38N2O8/c1-12(10-15(22)24)19(28)23-11-14-18(27)17(26)13(2)20(30-14)29-9-7-6-8-16(25)31-21(3,4)5/h12-14,17-18,20,26-27H,6-11H2,1-5H3,(H2,22,24)(H,23,28)/t12-,13?,14?,17?,18?,20?/m1/s1. The maximum Gasteiger partial charge on any atom is 0.306 e. The Balaban J connectivity index is 2.45. The third-order valence-electron chi connectivity index (χ3n) is 4.92. The molecule has 6 atom stereocenters. The zero-order valence-corrected chi connectivity index (χ0v) is 19.1. The SMILES string of the molecule is CC1C(OCCCCC(=O)OC(C)(C)C)OC(CNC(=O)[C@H](C)CC(N)=O)C(O)C1O. The Morgan fingerprint density at radius 2 is 1.81 bits per heavy atom. The first-order valence-electron chi connectivity index (χ1n) is 10.7. The largest absolute Gasteiger partial charge is 0.460 e. The van der Waals surface area contributed by atoms with Gasteiger partial charge in [0.25, 0.3) is 0 Å². The first kappa shape index (κ1) is 27.3. The summed E-state index contributed by atoms with van der Waals surface area (Å²) in [7, 11) is 0. The van der Waals surface area contributed by atoms with Gasteiger partial charge in [0.2, 0.25) is 11.8 Å². The average molecular weight is 447 g/mol. The van der Waals surface area contributed by atoms with Crippen LogP contribution in [0.2, 0.25) is 0 Å². The van der Waals surface area contributed by atoms with Gasteiger partial charge in [-0.05, 0) is 33.6 Å². The molecule has 1 saturated heterocycles. The topological polar surface area (TPSA) is 157 Å². The molecule has 1 rings (SSSR count). The molecule has 0 aromatic carbocycles. The zero-order chi connectivity index (χ0) is 23.8. The highest BCUT2D eigenvalue weighted by Gasteiger charge is 2.42. The molecule has 5 unspecified atom stereocenters. The van der Waals surface area contributed by atoms with Crippen molar-refractivity contribution in [2.45, 2.75) is 90.5 Å². The van der Waals surface area contributed by atoms with Crippen LogP contribution in [-0.2, 0) is 28.6 Å². The van der Waals surface area contributed by atoms with Crippen LogP contribution in [0.25, 0.3) is 0 Å². The Morgan fingerprint density at radius 1 is 1.16 bits per heavy atom. The monoisotopic (exact) mass is 446 g/mol. The quantitative estimate of drug-likeness (QED) is 0.259. The Labute approximate surface area is 183 Å². The van der Waals surface area contributed by atoms with Gasteiger partial charge in [-0.15, -0.1) is 0 Å². The van der Waals surface area contributed by atoms with E-state index in [1.54, 1.807) is 13.8 Å². The van der Waals surface area contributed by atoms with E-state index in [9.17, 15) is 24.6 Å². The van der Waals surface area contributed by atoms with Crippen LogP contribution in [0, 0.1) is 11.8 Å². The number of rotatable bonds is 11. The molecule has 0 radical (unpaired) electrons. The summed E-state index contributed by atoms with van der Waals surface area (Å²) in [5, 5.41) is 23.2. The van der Waals surface area contributed by atoms with E-state index in [-0.39, 0.29) is 25.4 Å². The van der Waals surface area contributed by atoms with Crippen LogP contribution in [0.15, 0.2) is 0 Å². The van der Waals surface area contributed by atoms with E-state index in [1.807, 2.05) is 20.8 Å². The molecule has 10 nitrogen and oxygen atoms in total. The number of amides is 2. The van der Waals surface area contributed by atoms with Crippen molar-refractivity contribution >= 4 is 17.8 Å². The lowest BCUT2D eigenvalue weighted by Gasteiger charge is -2.41. The number of ether oxygens (including phenoxy) is 3. The molecular weight excluding hydrogens is 408 g/mol. The van der Waals surface area contributed by atoms with Gasteiger partial charge in [-0.1, -0.05) is 13.8 Å². The van der Waals surface area contributed by atoms with E-state index in [4.69, 9.17) is 19.9 Å². The lowest BCUT2D eigenvalue weighted by molar-refractivity contribution is -0.275. The molecule has 1 aliphatic rings. The molecule has 0 aromatic rings. The number of nitrogens with two attached hydrogens (primary N) is 1. The molecule has 5 N–H and O–H groups in total. The lowest BCUT2D eigenvalue weighted by atomic mass is 9.92. The summed E-state index contributed by atoms with van der Waals surface area (Å²) >= 11 is 0. The van der Waals surface area contributed by atoms with Gasteiger partial charge in [0, 0.05) is 37.8 Å². The maximum atomic E-state index is 12.1. The fourth-order valence-electron chi connectivity index (χ4n) is 3.16. The third kappa shape index (κ3) is 9.94. The highest BCUT2D eigenvalue weighted by Crippen LogP contribution is 2.27. The molecule has 0 aliphatic carbocycles. The van der Waals surface area contributed by atoms with E-state index < -0.39 is 53.9 Å². The lowest BCUT2D eigenvalue weighted by Crippen LogP contribution is -2.57. The summed E-state index contributed by atoms with van der Waals surface area (Å²) in [5.41, 5.74) is 4.58. The van der Waals surface area contributed by atoms with E-state index >= 15 is 0 Å². The molecule has 1 heterocycles. The summed E-state index contributed by atoms with van der Waals surface area (Å²) in [6.45, 7) is 8.95. The number of primary amides is 1. The first-order chi connectivity index (χ1) is 14.3. The van der Waals surface area contributed by atoms with Gasteiger partial charge in [0.05, 0.1) is 6.10 Å². The number of hydrogen-bond acceptors (Lipinski definition) is 8. The third-order valence-corrected chi connectivity index (χ3v) is 4.92. The Morgan fingerprint density at radius 3 is 2.39 bits per heavy atom. The molecule has 10 heteroatoms. The summed E-state index contributed by atoms with van der Waals surface area (Å²) < 4.78 is 16.7. The van der Waals surface area contributed by atoms with E-state index in [2.05, 4.69) is 5.32 Å². The number of hydrogen-bond donors (Lipinski definition) is 4. The van der Waals surface area contributed by atoms with E-state index in [0.29, 0.717) is 19.4 Å². The number of esters is 1. The van der Waals surface area contributed by atoms with Gasteiger partial charge in [0.15, 0.2) is 6.29 Å². The molecule has 0 aromatic heterocycles. The summed E-state index contributed by atoms with van der Waals surface area (Å²) in [4.78, 5) is 34.7. The number of aliphatic hydroxyl groups is 2. The van der Waals surface area contributed by atoms with Crippen molar-refractivity contribution < 1.29 is 38.8 Å². The first-order valence-corrected chi connectivity index (χ1v) is 10.7. The second kappa shape index (κ2) is 12.3. The van der Waals surface area contributed by atoms with Gasteiger partial charge in [0.1, 0.15) is 17.8 Å². The Hall–Kier alpha value is -1.75. The fourth-order valence-corrected chi connectivity index (χ4v) is 3.16. The molecule has 0 spiro atoms. The van der Waals surface area contributed by atoms with Crippen LogP contribution in [0.1, 0.15) is 60.3 Å². The highest BCUT2D eigenvalue weighted by molar-refractivity contribution is 5.84. The minimum Gasteiger partial charge on any atom is -0.460 e. The number of aliphatic hydroxyl groups excluding tert-OH is 2. The van der Waals surface area contributed by atoms with E-state index in [1.165, 1.54) is 0 Å². The van der Waals surface area contributed by atoms with Crippen LogP contribution in [0.5, 0.6) is 0 Å². The average Bonchev–Trinajstić information content (AvgIpc) is 2.64. The normalized spacial score (nSPS) is 27.4. The summed E-state index contributed by atoms with van der Waals surface area (Å²) in [6.07, 6.45) is -2.57. The number of nitrogens with one attached hydrogen (secondary N) is 1. The van der Waals surface area contributed by atoms with Gasteiger partial charge >= 0.3 is 5.97 Å². The fraction of sp³-hybridized carbons (Fsp3) is 0.857. The van der Waals surface area contributed by atoms with Crippen LogP contribution < -0.4 is 11.1 Å². The van der Waals surface area contributed by atoms with Crippen molar-refractivity contribution in [1.82, 2.24) is 5.32 Å². The van der Waals surface area contributed by atoms with Crippen LogP contribution in [0.3, 0.4) is 0 Å². The molecule has 0 saturated carbocycles.